The van der Waals surface area contributed by atoms with Crippen molar-refractivity contribution < 1.29 is 32.9 Å². The summed E-state index contributed by atoms with van der Waals surface area (Å²) in [6.07, 6.45) is 86.6. The fourth-order valence-electron chi connectivity index (χ4n) is 9.91. The molecule has 0 aliphatic carbocycles. The van der Waals surface area contributed by atoms with E-state index in [9.17, 15) is 19.4 Å². The Morgan fingerprint density at radius 2 is 0.762 bits per heavy atom. The van der Waals surface area contributed by atoms with Gasteiger partial charge < -0.3 is 28.8 Å². The predicted molar refractivity (Wildman–Crippen MR) is 348 cm³/mol. The normalized spacial score (nSPS) is 14.2. The lowest BCUT2D eigenvalue weighted by atomic mass is 10.0. The first-order chi connectivity index (χ1) is 39.0. The fraction of sp³-hybridized carbons (Fsp3) is 0.789. The highest BCUT2D eigenvalue weighted by atomic mass is 31.2. The molecule has 0 rings (SSSR count). The van der Waals surface area contributed by atoms with Crippen LogP contribution >= 0.6 is 7.82 Å². The zero-order valence-corrected chi connectivity index (χ0v) is 54.2. The van der Waals surface area contributed by atoms with E-state index >= 15 is 0 Å². The van der Waals surface area contributed by atoms with Crippen molar-refractivity contribution in [2.45, 2.75) is 321 Å². The maximum atomic E-state index is 13.0. The van der Waals surface area contributed by atoms with Crippen LogP contribution in [0.3, 0.4) is 0 Å². The van der Waals surface area contributed by atoms with Crippen molar-refractivity contribution in [3.05, 3.63) is 85.1 Å². The molecule has 0 radical (unpaired) electrons. The molecule has 8 nitrogen and oxygen atoms in total. The van der Waals surface area contributed by atoms with Gasteiger partial charge in [0.1, 0.15) is 13.2 Å². The molecule has 0 spiro atoms. The van der Waals surface area contributed by atoms with Gasteiger partial charge >= 0.3 is 0 Å². The second kappa shape index (κ2) is 61.2. The molecule has 0 aromatic carbocycles. The Balaban J connectivity index is 4.10. The molecule has 3 atom stereocenters. The monoisotopic (exact) mass is 1140 g/mol. The molecule has 466 valence electrons. The molecule has 9 heteroatoms. The highest BCUT2D eigenvalue weighted by Crippen LogP contribution is 2.38. The highest BCUT2D eigenvalue weighted by molar-refractivity contribution is 7.45. The van der Waals surface area contributed by atoms with E-state index in [1.807, 2.05) is 21.1 Å². The van der Waals surface area contributed by atoms with Gasteiger partial charge in [0.2, 0.25) is 5.91 Å². The van der Waals surface area contributed by atoms with Crippen LogP contribution in [0.15, 0.2) is 85.1 Å². The minimum atomic E-state index is -4.60. The number of rotatable bonds is 62. The maximum absolute atomic E-state index is 13.0. The molecule has 0 bridgehead atoms. The third-order valence-electron chi connectivity index (χ3n) is 15.1. The summed E-state index contributed by atoms with van der Waals surface area (Å²) < 4.78 is 23.5. The number of unbranched alkanes of at least 4 members (excludes halogenated alkanes) is 35. The highest BCUT2D eigenvalue weighted by Gasteiger charge is 2.24. The molecule has 0 fully saturated rings. The number of hydrogen-bond acceptors (Lipinski definition) is 6. The minimum absolute atomic E-state index is 0.00126. The van der Waals surface area contributed by atoms with Crippen molar-refractivity contribution in [1.29, 1.82) is 0 Å². The number of phosphoric ester groups is 1. The molecule has 0 aromatic rings. The van der Waals surface area contributed by atoms with Crippen LogP contribution < -0.4 is 10.2 Å². The van der Waals surface area contributed by atoms with Crippen molar-refractivity contribution in [1.82, 2.24) is 5.32 Å². The van der Waals surface area contributed by atoms with Gasteiger partial charge in [-0.3, -0.25) is 9.36 Å². The fourth-order valence-corrected chi connectivity index (χ4v) is 10.6. The molecule has 0 aliphatic heterocycles. The Bertz CT molecular complexity index is 1580. The smallest absolute Gasteiger partial charge is 0.268 e. The summed E-state index contributed by atoms with van der Waals surface area (Å²) in [6.45, 7) is 4.61. The lowest BCUT2D eigenvalue weighted by Gasteiger charge is -2.30. The Kier molecular flexibility index (Phi) is 59.5. The second-order valence-electron chi connectivity index (χ2n) is 24.2. The number of aliphatic hydroxyl groups is 1. The van der Waals surface area contributed by atoms with Crippen molar-refractivity contribution in [2.24, 2.45) is 0 Å². The molecule has 3 unspecified atom stereocenters. The van der Waals surface area contributed by atoms with E-state index in [-0.39, 0.29) is 19.1 Å². The zero-order chi connectivity index (χ0) is 58.4. The first-order valence-corrected chi connectivity index (χ1v) is 35.4. The number of phosphoric acid groups is 1. The van der Waals surface area contributed by atoms with E-state index in [0.29, 0.717) is 23.9 Å². The Labute approximate surface area is 497 Å². The van der Waals surface area contributed by atoms with Crippen LogP contribution in [0.4, 0.5) is 0 Å². The number of nitrogens with zero attached hydrogens (tertiary/aromatic N) is 1. The molecule has 0 aromatic heterocycles. The van der Waals surface area contributed by atoms with Gasteiger partial charge in [0, 0.05) is 6.42 Å². The summed E-state index contributed by atoms with van der Waals surface area (Å²) >= 11 is 0. The standard InChI is InChI=1S/C71H131N2O6P/c1-6-8-10-12-14-16-18-20-22-24-26-28-30-32-33-34-35-36-37-38-39-41-42-44-46-48-50-52-54-56-58-60-62-64-70(74)69(68-79-80(76,77)78-67-66-73(3,4)5)72-71(75)65-63-61-59-57-55-53-51-49-47-45-43-40-31-29-27-25-23-21-19-17-15-13-11-9-7-2/h9,11,15,17,21,23,27,29,40,43,47,49,53,55,69-70,74H,6-8,10,12-14,16,18-20,22,24-26,28,30-39,41-42,44-46,48,50-52,54,56-68H2,1-5H3,(H-,72,75,76,77)/b11-9-,17-15-,23-21-,29-27-,43-40-,49-47-,55-53-. The maximum Gasteiger partial charge on any atom is 0.268 e. The summed E-state index contributed by atoms with van der Waals surface area (Å²) in [5.74, 6) is -0.196. The number of likely N-dealkylation sites (N-methyl/N-ethyl adjacent to an activating group) is 1. The van der Waals surface area contributed by atoms with Crippen LogP contribution in [-0.4, -0.2) is 68.5 Å². The third-order valence-corrected chi connectivity index (χ3v) is 16.1. The number of quaternary nitrogens is 1. The van der Waals surface area contributed by atoms with Crippen LogP contribution in [0, 0.1) is 0 Å². The van der Waals surface area contributed by atoms with E-state index in [1.165, 1.54) is 193 Å². The summed E-state index contributed by atoms with van der Waals surface area (Å²) in [6, 6.07) is -0.827. The van der Waals surface area contributed by atoms with Crippen LogP contribution in [0.5, 0.6) is 0 Å². The largest absolute Gasteiger partial charge is 0.756 e. The first-order valence-electron chi connectivity index (χ1n) is 33.9. The van der Waals surface area contributed by atoms with Gasteiger partial charge in [-0.1, -0.05) is 317 Å². The molecular formula is C71H131N2O6P. The molecule has 80 heavy (non-hydrogen) atoms. The van der Waals surface area contributed by atoms with Crippen molar-refractivity contribution in [2.75, 3.05) is 40.9 Å². The van der Waals surface area contributed by atoms with Gasteiger partial charge in [-0.25, -0.2) is 0 Å². The lowest BCUT2D eigenvalue weighted by Crippen LogP contribution is -2.46. The minimum Gasteiger partial charge on any atom is -0.756 e. The van der Waals surface area contributed by atoms with E-state index in [0.717, 1.165) is 89.9 Å². The second-order valence-corrected chi connectivity index (χ2v) is 25.6. The van der Waals surface area contributed by atoms with E-state index in [2.05, 4.69) is 104 Å². The Morgan fingerprint density at radius 3 is 1.10 bits per heavy atom. The molecule has 0 saturated heterocycles. The first kappa shape index (κ1) is 77.7. The molecule has 2 N–H and O–H groups in total. The number of aliphatic hydroxyl groups excluding tert-OH is 1. The summed E-state index contributed by atoms with van der Waals surface area (Å²) in [4.78, 5) is 25.6. The molecule has 0 saturated carbocycles. The Morgan fingerprint density at radius 1 is 0.450 bits per heavy atom. The van der Waals surface area contributed by atoms with Gasteiger partial charge in [0.05, 0.1) is 39.9 Å². The quantitative estimate of drug-likeness (QED) is 0.0272. The Hall–Kier alpha value is -2.32. The topological polar surface area (TPSA) is 108 Å². The summed E-state index contributed by atoms with van der Waals surface area (Å²) in [7, 11) is 1.28. The van der Waals surface area contributed by atoms with Crippen LogP contribution in [-0.2, 0) is 18.4 Å². The molecule has 0 heterocycles. The van der Waals surface area contributed by atoms with Crippen molar-refractivity contribution in [3.63, 3.8) is 0 Å². The number of carbonyl (C=O) groups excluding carboxylic acids is 1. The van der Waals surface area contributed by atoms with Gasteiger partial charge in [-0.15, -0.1) is 0 Å². The van der Waals surface area contributed by atoms with Crippen LogP contribution in [0.2, 0.25) is 0 Å². The average Bonchev–Trinajstić information content (AvgIpc) is 3.42. The molecule has 0 aliphatic rings. The SMILES string of the molecule is CC/C=C\C/C=C\C/C=C\C/C=C\C/C=C\C/C=C\C/C=C\CCCCCC(=O)NC(COP(=O)([O-])OCC[N+](C)(C)C)C(O)CCCCCCCCCCCCCCCCCCCCCCCCCCCCCCCCCCC. The van der Waals surface area contributed by atoms with Crippen molar-refractivity contribution in [3.8, 4) is 0 Å². The van der Waals surface area contributed by atoms with E-state index < -0.39 is 20.0 Å². The number of amides is 1. The van der Waals surface area contributed by atoms with Gasteiger partial charge in [-0.05, 0) is 70.6 Å². The zero-order valence-electron chi connectivity index (χ0n) is 53.3. The summed E-state index contributed by atoms with van der Waals surface area (Å²) in [5, 5.41) is 14.1. The van der Waals surface area contributed by atoms with Crippen LogP contribution in [0.25, 0.3) is 0 Å². The van der Waals surface area contributed by atoms with E-state index in [1.54, 1.807) is 0 Å². The van der Waals surface area contributed by atoms with Gasteiger partial charge in [-0.2, -0.15) is 0 Å². The van der Waals surface area contributed by atoms with E-state index in [4.69, 9.17) is 9.05 Å². The number of hydrogen-bond donors (Lipinski definition) is 2. The number of carbonyl (C=O) groups is 1. The predicted octanol–water partition coefficient (Wildman–Crippen LogP) is 20.9. The van der Waals surface area contributed by atoms with Crippen molar-refractivity contribution >= 4 is 13.7 Å². The summed E-state index contributed by atoms with van der Waals surface area (Å²) in [5.41, 5.74) is 0. The van der Waals surface area contributed by atoms with Crippen LogP contribution in [0.1, 0.15) is 309 Å². The number of allylic oxidation sites excluding steroid dienone is 14. The molecule has 1 amide bonds. The molecular weight excluding hydrogens is 1010 g/mol. The lowest BCUT2D eigenvalue weighted by molar-refractivity contribution is -0.870. The third kappa shape index (κ3) is 63.3. The van der Waals surface area contributed by atoms with Gasteiger partial charge in [0.25, 0.3) is 7.82 Å². The average molecular weight is 1140 g/mol. The number of nitrogens with one attached hydrogen (secondary N) is 1. The van der Waals surface area contributed by atoms with Gasteiger partial charge in [0.15, 0.2) is 0 Å².